The number of rotatable bonds is 8. The van der Waals surface area contributed by atoms with Crippen LogP contribution in [0.5, 0.6) is 0 Å². The molecule has 0 aliphatic heterocycles. The summed E-state index contributed by atoms with van der Waals surface area (Å²) in [6, 6.07) is 48.4. The van der Waals surface area contributed by atoms with Gasteiger partial charge in [0.15, 0.2) is 22.1 Å². The van der Waals surface area contributed by atoms with Gasteiger partial charge in [0.1, 0.15) is 26.2 Å². The molecule has 7 aromatic carbocycles. The fourth-order valence-electron chi connectivity index (χ4n) is 8.50. The Morgan fingerprint density at radius 1 is 0.404 bits per heavy atom. The maximum Gasteiger partial charge on any atom is 0.245 e. The Bertz CT molecular complexity index is 2570. The Morgan fingerprint density at radius 2 is 0.769 bits per heavy atom. The number of hydrogen-bond acceptors (Lipinski definition) is 0. The minimum atomic E-state index is 0.829. The number of benzene rings is 7. The van der Waals surface area contributed by atoms with Crippen LogP contribution >= 0.6 is 0 Å². The van der Waals surface area contributed by atoms with E-state index in [0.29, 0.717) is 0 Å². The van der Waals surface area contributed by atoms with E-state index in [4.69, 9.17) is 0 Å². The third-order valence-corrected chi connectivity index (χ3v) is 11.6. The molecule has 0 saturated heterocycles. The first-order valence-electron chi connectivity index (χ1n) is 18.4. The van der Waals surface area contributed by atoms with Gasteiger partial charge in [-0.15, -0.1) is 0 Å². The van der Waals surface area contributed by atoms with Gasteiger partial charge in [0.05, 0.1) is 0 Å². The molecule has 0 bridgehead atoms. The van der Waals surface area contributed by atoms with E-state index < -0.39 is 0 Å². The molecule has 9 aromatic rings. The fraction of sp³-hybridized carbons (Fsp3) is 0.167. The Hall–Kier alpha value is -6.00. The van der Waals surface area contributed by atoms with Crippen molar-refractivity contribution in [3.05, 3.63) is 191 Å². The summed E-state index contributed by atoms with van der Waals surface area (Å²) >= 11 is 0. The second kappa shape index (κ2) is 13.0. The van der Waals surface area contributed by atoms with Gasteiger partial charge in [-0.1, -0.05) is 109 Å². The second-order valence-electron chi connectivity index (χ2n) is 14.5. The van der Waals surface area contributed by atoms with Crippen molar-refractivity contribution in [2.75, 3.05) is 0 Å². The Balaban J connectivity index is 1.06. The molecule has 0 spiro atoms. The third kappa shape index (κ3) is 5.47. The molecule has 0 aliphatic rings. The van der Waals surface area contributed by atoms with Gasteiger partial charge in [-0.2, -0.15) is 0 Å². The van der Waals surface area contributed by atoms with Gasteiger partial charge in [0.25, 0.3) is 0 Å². The summed E-state index contributed by atoms with van der Waals surface area (Å²) in [5.41, 5.74) is 16.1. The zero-order chi connectivity index (χ0) is 35.3. The van der Waals surface area contributed by atoms with Crippen molar-refractivity contribution in [2.45, 2.75) is 53.9 Å². The summed E-state index contributed by atoms with van der Waals surface area (Å²) in [6.45, 7) is 12.6. The van der Waals surface area contributed by atoms with Crippen LogP contribution in [0.25, 0.3) is 43.6 Å². The molecule has 4 nitrogen and oxygen atoms in total. The number of para-hydroxylation sites is 4. The first-order chi connectivity index (χ1) is 25.4. The van der Waals surface area contributed by atoms with Gasteiger partial charge in [0, 0.05) is 11.1 Å². The lowest BCUT2D eigenvalue weighted by molar-refractivity contribution is -0.663. The van der Waals surface area contributed by atoms with Crippen molar-refractivity contribution in [3.8, 4) is 0 Å². The highest BCUT2D eigenvalue weighted by Crippen LogP contribution is 2.30. The highest BCUT2D eigenvalue weighted by Gasteiger charge is 2.24. The standard InChI is InChI=1S/C48H44N4/c1-33-34(2)44(30-52-32-50(46-24-10-12-26-48(46)52)28-40-20-14-18-38-16-6-8-22-42(38)40)36(4)35(3)43(33)29-51-31-49(45-23-9-11-25-47(45)51)27-39-19-13-17-37-15-5-7-21-41(37)39/h5-26,31-32H,27-30H2,1-4H3/q+2. The topological polar surface area (TPSA) is 17.6 Å². The molecule has 2 heterocycles. The molecule has 0 saturated carbocycles. The van der Waals surface area contributed by atoms with Crippen molar-refractivity contribution in [1.29, 1.82) is 0 Å². The largest absolute Gasteiger partial charge is 0.245 e. The van der Waals surface area contributed by atoms with Gasteiger partial charge in [-0.05, 0) is 107 Å². The van der Waals surface area contributed by atoms with Crippen LogP contribution in [0.2, 0.25) is 0 Å². The molecule has 0 unspecified atom stereocenters. The van der Waals surface area contributed by atoms with E-state index in [9.17, 15) is 0 Å². The quantitative estimate of drug-likeness (QED) is 0.143. The zero-order valence-electron chi connectivity index (χ0n) is 30.5. The van der Waals surface area contributed by atoms with E-state index in [-0.39, 0.29) is 0 Å². The van der Waals surface area contributed by atoms with Gasteiger partial charge in [0.2, 0.25) is 12.7 Å². The first-order valence-corrected chi connectivity index (χ1v) is 18.4. The van der Waals surface area contributed by atoms with Gasteiger partial charge < -0.3 is 0 Å². The molecule has 0 atom stereocenters. The summed E-state index contributed by atoms with van der Waals surface area (Å²) in [5.74, 6) is 0. The highest BCUT2D eigenvalue weighted by atomic mass is 15.1. The smallest absolute Gasteiger partial charge is 0.226 e. The number of hydrogen-bond donors (Lipinski definition) is 0. The van der Waals surface area contributed by atoms with E-state index >= 15 is 0 Å². The van der Waals surface area contributed by atoms with Crippen molar-refractivity contribution in [2.24, 2.45) is 0 Å². The molecule has 52 heavy (non-hydrogen) atoms. The molecule has 0 N–H and O–H groups in total. The van der Waals surface area contributed by atoms with Crippen molar-refractivity contribution in [3.63, 3.8) is 0 Å². The summed E-state index contributed by atoms with van der Waals surface area (Å²) in [7, 11) is 0. The van der Waals surface area contributed by atoms with Gasteiger partial charge in [-0.25, -0.2) is 18.3 Å². The van der Waals surface area contributed by atoms with Crippen LogP contribution in [0.15, 0.2) is 146 Å². The summed E-state index contributed by atoms with van der Waals surface area (Å²) in [6.07, 6.45) is 4.65. The van der Waals surface area contributed by atoms with E-state index in [1.807, 2.05) is 0 Å². The van der Waals surface area contributed by atoms with Crippen LogP contribution in [0.3, 0.4) is 0 Å². The molecule has 0 amide bonds. The molecule has 9 rings (SSSR count). The highest BCUT2D eigenvalue weighted by molar-refractivity contribution is 5.86. The monoisotopic (exact) mass is 676 g/mol. The SMILES string of the molecule is Cc1c(C)c(Cn2c[n+](Cc3cccc4ccccc34)c3ccccc32)c(C)c(C)c1Cn1c[n+](Cc2cccc3ccccc23)c2ccccc21. The zero-order valence-corrected chi connectivity index (χ0v) is 30.5. The average Bonchev–Trinajstić information content (AvgIpc) is 3.71. The fourth-order valence-corrected chi connectivity index (χ4v) is 8.50. The average molecular weight is 677 g/mol. The van der Waals surface area contributed by atoms with E-state index in [1.54, 1.807) is 0 Å². The molecule has 254 valence electrons. The molecule has 4 heteroatoms. The predicted molar refractivity (Wildman–Crippen MR) is 214 cm³/mol. The minimum Gasteiger partial charge on any atom is -0.226 e. The Kier molecular flexibility index (Phi) is 7.96. The lowest BCUT2D eigenvalue weighted by Gasteiger charge is -2.19. The predicted octanol–water partition coefficient (Wildman–Crippen LogP) is 9.90. The van der Waals surface area contributed by atoms with E-state index in [1.165, 1.54) is 88.1 Å². The normalized spacial score (nSPS) is 11.8. The van der Waals surface area contributed by atoms with Crippen LogP contribution in [0.1, 0.15) is 44.5 Å². The summed E-state index contributed by atoms with van der Waals surface area (Å²) in [4.78, 5) is 0. The first kappa shape index (κ1) is 31.9. The molecule has 0 fully saturated rings. The summed E-state index contributed by atoms with van der Waals surface area (Å²) < 4.78 is 9.73. The van der Waals surface area contributed by atoms with E-state index in [0.717, 1.165) is 26.2 Å². The molecule has 2 aromatic heterocycles. The summed E-state index contributed by atoms with van der Waals surface area (Å²) in [5, 5.41) is 5.21. The van der Waals surface area contributed by atoms with Crippen molar-refractivity contribution < 1.29 is 9.13 Å². The molecular formula is C48H44N4+2. The lowest BCUT2D eigenvalue weighted by atomic mass is 9.88. The maximum absolute atomic E-state index is 2.45. The van der Waals surface area contributed by atoms with Crippen LogP contribution in [-0.4, -0.2) is 9.13 Å². The van der Waals surface area contributed by atoms with Crippen molar-refractivity contribution in [1.82, 2.24) is 9.13 Å². The Morgan fingerprint density at radius 3 is 1.21 bits per heavy atom. The molecule has 0 radical (unpaired) electrons. The van der Waals surface area contributed by atoms with E-state index in [2.05, 4.69) is 192 Å². The third-order valence-electron chi connectivity index (χ3n) is 11.6. The maximum atomic E-state index is 2.45. The number of imidazole rings is 2. The molecular weight excluding hydrogens is 633 g/mol. The van der Waals surface area contributed by atoms with Gasteiger partial charge >= 0.3 is 0 Å². The lowest BCUT2D eigenvalue weighted by Crippen LogP contribution is -2.33. The Labute approximate surface area is 305 Å². The van der Waals surface area contributed by atoms with Crippen LogP contribution in [-0.2, 0) is 26.2 Å². The minimum absolute atomic E-state index is 0.829. The van der Waals surface area contributed by atoms with Crippen LogP contribution in [0.4, 0.5) is 0 Å². The van der Waals surface area contributed by atoms with Crippen molar-refractivity contribution >= 4 is 43.6 Å². The van der Waals surface area contributed by atoms with Gasteiger partial charge in [-0.3, -0.25) is 0 Å². The number of nitrogens with zero attached hydrogens (tertiary/aromatic N) is 4. The van der Waals surface area contributed by atoms with Crippen LogP contribution < -0.4 is 9.13 Å². The van der Waals surface area contributed by atoms with Crippen LogP contribution in [0, 0.1) is 27.7 Å². The second-order valence-corrected chi connectivity index (χ2v) is 14.5. The molecule has 0 aliphatic carbocycles. The number of aromatic nitrogens is 4. The number of fused-ring (bicyclic) bond motifs is 4.